The predicted octanol–water partition coefficient (Wildman–Crippen LogP) is 2.13. The molecule has 0 amide bonds. The van der Waals surface area contributed by atoms with Crippen LogP contribution in [-0.4, -0.2) is 18.2 Å². The largest absolute Gasteiger partial charge is 0.506 e. The van der Waals surface area contributed by atoms with Crippen molar-refractivity contribution in [1.29, 1.82) is 0 Å². The van der Waals surface area contributed by atoms with Crippen molar-refractivity contribution < 1.29 is 9.50 Å². The zero-order valence-corrected chi connectivity index (χ0v) is 7.33. The molecule has 0 aliphatic carbocycles. The van der Waals surface area contributed by atoms with E-state index in [4.69, 9.17) is 0 Å². The van der Waals surface area contributed by atoms with Crippen molar-refractivity contribution >= 4 is 5.69 Å². The zero-order valence-electron chi connectivity index (χ0n) is 7.33. The van der Waals surface area contributed by atoms with Gasteiger partial charge in [-0.3, -0.25) is 0 Å². The van der Waals surface area contributed by atoms with Crippen LogP contribution in [0.2, 0.25) is 0 Å². The molecule has 2 nitrogen and oxygen atoms in total. The molecule has 0 saturated carbocycles. The van der Waals surface area contributed by atoms with Crippen molar-refractivity contribution in [1.82, 2.24) is 0 Å². The fourth-order valence-electron chi connectivity index (χ4n) is 1.72. The van der Waals surface area contributed by atoms with Crippen LogP contribution in [0.5, 0.6) is 5.75 Å². The standard InChI is InChI=1S/C10H12FNO/c11-8-3-4-9(10(13)7-8)12-5-1-2-6-12/h3-4,7,13H,1-2,5-6H2. The second-order valence-corrected chi connectivity index (χ2v) is 3.33. The quantitative estimate of drug-likeness (QED) is 0.717. The maximum Gasteiger partial charge on any atom is 0.141 e. The monoisotopic (exact) mass is 181 g/mol. The molecule has 1 heterocycles. The van der Waals surface area contributed by atoms with Crippen molar-refractivity contribution in [3.63, 3.8) is 0 Å². The molecule has 0 bridgehead atoms. The molecule has 1 aliphatic rings. The first kappa shape index (κ1) is 8.35. The van der Waals surface area contributed by atoms with E-state index >= 15 is 0 Å². The van der Waals surface area contributed by atoms with Gasteiger partial charge in [0.05, 0.1) is 5.69 Å². The van der Waals surface area contributed by atoms with Gasteiger partial charge in [0, 0.05) is 19.2 Å². The molecular weight excluding hydrogens is 169 g/mol. The van der Waals surface area contributed by atoms with Crippen LogP contribution in [0.15, 0.2) is 18.2 Å². The predicted molar refractivity (Wildman–Crippen MR) is 49.5 cm³/mol. The minimum Gasteiger partial charge on any atom is -0.506 e. The topological polar surface area (TPSA) is 23.5 Å². The van der Waals surface area contributed by atoms with E-state index in [1.54, 1.807) is 6.07 Å². The molecule has 0 unspecified atom stereocenters. The van der Waals surface area contributed by atoms with Gasteiger partial charge >= 0.3 is 0 Å². The summed E-state index contributed by atoms with van der Waals surface area (Å²) in [5.41, 5.74) is 0.749. The lowest BCUT2D eigenvalue weighted by molar-refractivity contribution is 0.468. The Labute approximate surface area is 76.6 Å². The lowest BCUT2D eigenvalue weighted by Gasteiger charge is -2.18. The van der Waals surface area contributed by atoms with Gasteiger partial charge in [-0.15, -0.1) is 0 Å². The van der Waals surface area contributed by atoms with Gasteiger partial charge in [0.1, 0.15) is 11.6 Å². The third kappa shape index (κ3) is 1.59. The van der Waals surface area contributed by atoms with Crippen molar-refractivity contribution in [2.75, 3.05) is 18.0 Å². The van der Waals surface area contributed by atoms with Crippen LogP contribution in [0.25, 0.3) is 0 Å². The third-order valence-corrected chi connectivity index (χ3v) is 2.38. The van der Waals surface area contributed by atoms with E-state index in [2.05, 4.69) is 4.90 Å². The Balaban J connectivity index is 2.29. The number of aromatic hydroxyl groups is 1. The first-order chi connectivity index (χ1) is 6.27. The number of halogens is 1. The Morgan fingerprint density at radius 1 is 1.23 bits per heavy atom. The first-order valence-electron chi connectivity index (χ1n) is 4.51. The molecule has 3 heteroatoms. The van der Waals surface area contributed by atoms with Gasteiger partial charge < -0.3 is 10.0 Å². The van der Waals surface area contributed by atoms with Crippen molar-refractivity contribution in [2.24, 2.45) is 0 Å². The SMILES string of the molecule is Oc1cc(F)ccc1N1CCCC1. The second kappa shape index (κ2) is 3.24. The average Bonchev–Trinajstić information content (AvgIpc) is 2.56. The summed E-state index contributed by atoms with van der Waals surface area (Å²) >= 11 is 0. The van der Waals surface area contributed by atoms with Gasteiger partial charge in [-0.05, 0) is 25.0 Å². The lowest BCUT2D eigenvalue weighted by Crippen LogP contribution is -2.17. The summed E-state index contributed by atoms with van der Waals surface area (Å²) in [6.45, 7) is 1.92. The molecule has 0 atom stereocenters. The Morgan fingerprint density at radius 2 is 1.92 bits per heavy atom. The van der Waals surface area contributed by atoms with Crippen molar-refractivity contribution in [3.8, 4) is 5.75 Å². The summed E-state index contributed by atoms with van der Waals surface area (Å²) < 4.78 is 12.7. The van der Waals surface area contributed by atoms with E-state index < -0.39 is 0 Å². The van der Waals surface area contributed by atoms with Gasteiger partial charge in [-0.1, -0.05) is 0 Å². The van der Waals surface area contributed by atoms with Crippen LogP contribution in [0.3, 0.4) is 0 Å². The second-order valence-electron chi connectivity index (χ2n) is 3.33. The van der Waals surface area contributed by atoms with Gasteiger partial charge in [0.25, 0.3) is 0 Å². The number of rotatable bonds is 1. The van der Waals surface area contributed by atoms with Crippen LogP contribution >= 0.6 is 0 Å². The Bertz CT molecular complexity index is 308. The highest BCUT2D eigenvalue weighted by molar-refractivity contribution is 5.58. The van der Waals surface area contributed by atoms with E-state index in [9.17, 15) is 9.50 Å². The Morgan fingerprint density at radius 3 is 2.54 bits per heavy atom. The minimum atomic E-state index is -0.388. The molecular formula is C10H12FNO. The van der Waals surface area contributed by atoms with E-state index in [-0.39, 0.29) is 11.6 Å². The van der Waals surface area contributed by atoms with Gasteiger partial charge in [-0.2, -0.15) is 0 Å². The van der Waals surface area contributed by atoms with Crippen molar-refractivity contribution in [3.05, 3.63) is 24.0 Å². The molecule has 70 valence electrons. The van der Waals surface area contributed by atoms with Crippen LogP contribution in [0, 0.1) is 5.82 Å². The van der Waals surface area contributed by atoms with Crippen LogP contribution in [0.4, 0.5) is 10.1 Å². The third-order valence-electron chi connectivity index (χ3n) is 2.38. The number of phenolic OH excluding ortho intramolecular Hbond substituents is 1. The zero-order chi connectivity index (χ0) is 9.26. The molecule has 1 aromatic carbocycles. The fraction of sp³-hybridized carbons (Fsp3) is 0.400. The summed E-state index contributed by atoms with van der Waals surface area (Å²) in [6.07, 6.45) is 2.30. The van der Waals surface area contributed by atoms with Gasteiger partial charge in [-0.25, -0.2) is 4.39 Å². The molecule has 2 rings (SSSR count). The molecule has 1 saturated heterocycles. The van der Waals surface area contributed by atoms with Crippen LogP contribution in [-0.2, 0) is 0 Å². The number of benzene rings is 1. The molecule has 0 radical (unpaired) electrons. The molecule has 1 aromatic rings. The maximum absolute atomic E-state index is 12.7. The van der Waals surface area contributed by atoms with Crippen molar-refractivity contribution in [2.45, 2.75) is 12.8 Å². The molecule has 1 aliphatic heterocycles. The molecule has 0 aromatic heterocycles. The highest BCUT2D eigenvalue weighted by Gasteiger charge is 2.15. The summed E-state index contributed by atoms with van der Waals surface area (Å²) in [5.74, 6) is -0.345. The molecule has 0 spiro atoms. The number of hydrogen-bond donors (Lipinski definition) is 1. The Hall–Kier alpha value is -1.25. The maximum atomic E-state index is 12.7. The van der Waals surface area contributed by atoms with Crippen LogP contribution in [0.1, 0.15) is 12.8 Å². The highest BCUT2D eigenvalue weighted by atomic mass is 19.1. The highest BCUT2D eigenvalue weighted by Crippen LogP contribution is 2.30. The Kier molecular flexibility index (Phi) is 2.08. The molecule has 13 heavy (non-hydrogen) atoms. The fourth-order valence-corrected chi connectivity index (χ4v) is 1.72. The number of nitrogens with zero attached hydrogens (tertiary/aromatic N) is 1. The summed E-state index contributed by atoms with van der Waals surface area (Å²) in [4.78, 5) is 2.08. The van der Waals surface area contributed by atoms with Crippen LogP contribution < -0.4 is 4.90 Å². The van der Waals surface area contributed by atoms with Gasteiger partial charge in [0.15, 0.2) is 0 Å². The number of hydrogen-bond acceptors (Lipinski definition) is 2. The minimum absolute atomic E-state index is 0.0434. The van der Waals surface area contributed by atoms with Gasteiger partial charge in [0.2, 0.25) is 0 Å². The molecule has 1 fully saturated rings. The summed E-state index contributed by atoms with van der Waals surface area (Å²) in [5, 5.41) is 9.47. The average molecular weight is 181 g/mol. The summed E-state index contributed by atoms with van der Waals surface area (Å²) in [6, 6.07) is 4.18. The van der Waals surface area contributed by atoms with E-state index in [0.29, 0.717) is 0 Å². The number of anilines is 1. The smallest absolute Gasteiger partial charge is 0.141 e. The lowest BCUT2D eigenvalue weighted by atomic mass is 10.2. The van der Waals surface area contributed by atoms with E-state index in [0.717, 1.165) is 37.7 Å². The first-order valence-corrected chi connectivity index (χ1v) is 4.51. The summed E-state index contributed by atoms with van der Waals surface area (Å²) in [7, 11) is 0. The van der Waals surface area contributed by atoms with E-state index in [1.165, 1.54) is 6.07 Å². The normalized spacial score (nSPS) is 16.5. The number of phenols is 1. The molecule has 1 N–H and O–H groups in total. The van der Waals surface area contributed by atoms with E-state index in [1.807, 2.05) is 0 Å².